The monoisotopic (exact) mass is 348 g/mol. The number of hydrogen-bond acceptors (Lipinski definition) is 5. The van der Waals surface area contributed by atoms with Crippen LogP contribution >= 0.6 is 11.3 Å². The van der Waals surface area contributed by atoms with Crippen molar-refractivity contribution in [1.82, 2.24) is 10.3 Å². The first-order valence-corrected chi connectivity index (χ1v) is 7.64. The number of benzene rings is 1. The minimum atomic E-state index is -3.15. The molecule has 1 saturated heterocycles. The SMILES string of the molecule is Fc1cc(OC(F)F)c(-c2csc([C@H]3CNCCO3)n2)cc1F. The molecule has 0 unspecified atom stereocenters. The lowest BCUT2D eigenvalue weighted by molar-refractivity contribution is -0.0496. The van der Waals surface area contributed by atoms with E-state index in [4.69, 9.17) is 4.74 Å². The van der Waals surface area contributed by atoms with E-state index in [1.54, 1.807) is 5.38 Å². The van der Waals surface area contributed by atoms with Gasteiger partial charge in [-0.3, -0.25) is 0 Å². The molecule has 0 bridgehead atoms. The maximum atomic E-state index is 13.5. The Labute approximate surface area is 133 Å². The molecule has 0 saturated carbocycles. The molecule has 23 heavy (non-hydrogen) atoms. The second-order valence-electron chi connectivity index (χ2n) is 4.78. The number of nitrogens with one attached hydrogen (secondary N) is 1. The van der Waals surface area contributed by atoms with Gasteiger partial charge in [-0.25, -0.2) is 13.8 Å². The molecule has 124 valence electrons. The lowest BCUT2D eigenvalue weighted by Crippen LogP contribution is -2.33. The Morgan fingerprint density at radius 1 is 1.30 bits per heavy atom. The second kappa shape index (κ2) is 6.81. The summed E-state index contributed by atoms with van der Waals surface area (Å²) in [5.74, 6) is -2.88. The van der Waals surface area contributed by atoms with E-state index in [2.05, 4.69) is 15.0 Å². The minimum Gasteiger partial charge on any atom is -0.434 e. The van der Waals surface area contributed by atoms with Gasteiger partial charge in [-0.2, -0.15) is 8.78 Å². The zero-order valence-electron chi connectivity index (χ0n) is 11.7. The Hall–Kier alpha value is -1.71. The third-order valence-corrected chi connectivity index (χ3v) is 4.18. The highest BCUT2D eigenvalue weighted by molar-refractivity contribution is 7.10. The third kappa shape index (κ3) is 3.62. The van der Waals surface area contributed by atoms with Crippen molar-refractivity contribution in [3.8, 4) is 17.0 Å². The van der Waals surface area contributed by atoms with Gasteiger partial charge in [0, 0.05) is 30.1 Å². The topological polar surface area (TPSA) is 43.4 Å². The lowest BCUT2D eigenvalue weighted by atomic mass is 10.1. The van der Waals surface area contributed by atoms with Crippen LogP contribution in [0.4, 0.5) is 17.6 Å². The summed E-state index contributed by atoms with van der Waals surface area (Å²) in [7, 11) is 0. The van der Waals surface area contributed by atoms with Gasteiger partial charge in [0.15, 0.2) is 11.6 Å². The summed E-state index contributed by atoms with van der Waals surface area (Å²) >= 11 is 1.25. The molecular weight excluding hydrogens is 336 g/mol. The van der Waals surface area contributed by atoms with Crippen LogP contribution in [0.2, 0.25) is 0 Å². The van der Waals surface area contributed by atoms with Gasteiger partial charge < -0.3 is 14.8 Å². The first-order valence-electron chi connectivity index (χ1n) is 6.76. The molecule has 1 aliphatic heterocycles. The van der Waals surface area contributed by atoms with Crippen LogP contribution in [-0.2, 0) is 4.74 Å². The molecule has 2 heterocycles. The molecule has 1 fully saturated rings. The second-order valence-corrected chi connectivity index (χ2v) is 5.67. The van der Waals surface area contributed by atoms with Crippen LogP contribution in [0.15, 0.2) is 17.5 Å². The van der Waals surface area contributed by atoms with Gasteiger partial charge in [0.1, 0.15) is 16.9 Å². The van der Waals surface area contributed by atoms with E-state index in [0.29, 0.717) is 24.2 Å². The Morgan fingerprint density at radius 3 is 2.78 bits per heavy atom. The molecule has 1 atom stereocenters. The van der Waals surface area contributed by atoms with Crippen LogP contribution in [0.5, 0.6) is 5.75 Å². The zero-order valence-corrected chi connectivity index (χ0v) is 12.5. The van der Waals surface area contributed by atoms with Gasteiger partial charge in [0.2, 0.25) is 0 Å². The third-order valence-electron chi connectivity index (χ3n) is 3.24. The standard InChI is InChI=1S/C14H12F4N2O2S/c15-8-3-7(11(4-9(8)16)22-14(17)18)10-6-23-13(20-10)12-5-19-1-2-21-12/h3-4,6,12,14,19H,1-2,5H2/t12-/m1/s1. The van der Waals surface area contributed by atoms with Crippen molar-refractivity contribution in [2.24, 2.45) is 0 Å². The predicted octanol–water partition coefficient (Wildman–Crippen LogP) is 3.35. The molecule has 4 nitrogen and oxygen atoms in total. The number of morpholine rings is 1. The van der Waals surface area contributed by atoms with Crippen LogP contribution in [-0.4, -0.2) is 31.3 Å². The fourth-order valence-corrected chi connectivity index (χ4v) is 3.07. The number of aromatic nitrogens is 1. The Balaban J connectivity index is 1.94. The van der Waals surface area contributed by atoms with Gasteiger partial charge in [0.25, 0.3) is 0 Å². The van der Waals surface area contributed by atoms with Crippen LogP contribution in [0.3, 0.4) is 0 Å². The van der Waals surface area contributed by atoms with Crippen LogP contribution < -0.4 is 10.1 Å². The number of thiazole rings is 1. The fraction of sp³-hybridized carbons (Fsp3) is 0.357. The Bertz CT molecular complexity index is 689. The number of alkyl halides is 2. The normalized spacial score (nSPS) is 18.4. The fourth-order valence-electron chi connectivity index (χ4n) is 2.21. The highest BCUT2D eigenvalue weighted by Gasteiger charge is 2.22. The van der Waals surface area contributed by atoms with E-state index in [1.807, 2.05) is 0 Å². The van der Waals surface area contributed by atoms with Gasteiger partial charge in [0.05, 0.1) is 12.3 Å². The zero-order chi connectivity index (χ0) is 16.4. The lowest BCUT2D eigenvalue weighted by Gasteiger charge is -2.21. The molecule has 0 amide bonds. The van der Waals surface area contributed by atoms with Crippen LogP contribution in [0, 0.1) is 11.6 Å². The van der Waals surface area contributed by atoms with E-state index in [-0.39, 0.29) is 17.4 Å². The molecule has 0 aliphatic carbocycles. The van der Waals surface area contributed by atoms with E-state index in [0.717, 1.165) is 12.6 Å². The van der Waals surface area contributed by atoms with Crippen LogP contribution in [0.25, 0.3) is 11.3 Å². The predicted molar refractivity (Wildman–Crippen MR) is 75.7 cm³/mol. The number of ether oxygens (including phenoxy) is 2. The molecule has 3 rings (SSSR count). The van der Waals surface area contributed by atoms with Crippen molar-refractivity contribution in [2.75, 3.05) is 19.7 Å². The van der Waals surface area contributed by atoms with E-state index >= 15 is 0 Å². The van der Waals surface area contributed by atoms with Gasteiger partial charge >= 0.3 is 6.61 Å². The summed E-state index contributed by atoms with van der Waals surface area (Å²) in [6, 6.07) is 1.39. The summed E-state index contributed by atoms with van der Waals surface area (Å²) in [5.41, 5.74) is 0.198. The number of nitrogens with zero attached hydrogens (tertiary/aromatic N) is 1. The van der Waals surface area contributed by atoms with Crippen molar-refractivity contribution in [3.63, 3.8) is 0 Å². The minimum absolute atomic E-state index is 0.0320. The smallest absolute Gasteiger partial charge is 0.387 e. The van der Waals surface area contributed by atoms with E-state index in [1.165, 1.54) is 11.3 Å². The first-order chi connectivity index (χ1) is 11.0. The van der Waals surface area contributed by atoms with Crippen molar-refractivity contribution in [3.05, 3.63) is 34.2 Å². The molecular formula is C14H12F4N2O2S. The summed E-state index contributed by atoms with van der Waals surface area (Å²) in [5, 5.41) is 5.34. The van der Waals surface area contributed by atoms with Crippen LogP contribution in [0.1, 0.15) is 11.1 Å². The summed E-state index contributed by atoms with van der Waals surface area (Å²) in [6.07, 6.45) is -0.257. The van der Waals surface area contributed by atoms with E-state index in [9.17, 15) is 17.6 Å². The Morgan fingerprint density at radius 2 is 2.09 bits per heavy atom. The summed E-state index contributed by atoms with van der Waals surface area (Å²) in [6.45, 7) is -1.30. The molecule has 0 spiro atoms. The molecule has 1 N–H and O–H groups in total. The van der Waals surface area contributed by atoms with Crippen molar-refractivity contribution in [1.29, 1.82) is 0 Å². The van der Waals surface area contributed by atoms with Crippen molar-refractivity contribution < 1.29 is 27.0 Å². The first kappa shape index (κ1) is 16.2. The summed E-state index contributed by atoms with van der Waals surface area (Å²) in [4.78, 5) is 4.28. The maximum Gasteiger partial charge on any atom is 0.387 e. The van der Waals surface area contributed by atoms with E-state index < -0.39 is 24.0 Å². The van der Waals surface area contributed by atoms with Gasteiger partial charge in [-0.1, -0.05) is 0 Å². The maximum absolute atomic E-state index is 13.5. The number of halogens is 4. The quantitative estimate of drug-likeness (QED) is 0.861. The average Bonchev–Trinajstić information content (AvgIpc) is 3.01. The van der Waals surface area contributed by atoms with Crippen molar-refractivity contribution >= 4 is 11.3 Å². The molecule has 1 aromatic carbocycles. The highest BCUT2D eigenvalue weighted by Crippen LogP contribution is 2.35. The highest BCUT2D eigenvalue weighted by atomic mass is 32.1. The molecule has 1 aliphatic rings. The van der Waals surface area contributed by atoms with Gasteiger partial charge in [-0.05, 0) is 6.07 Å². The number of hydrogen-bond donors (Lipinski definition) is 1. The molecule has 1 aromatic heterocycles. The van der Waals surface area contributed by atoms with Crippen molar-refractivity contribution in [2.45, 2.75) is 12.7 Å². The summed E-state index contributed by atoms with van der Waals surface area (Å²) < 4.78 is 61.5. The number of rotatable bonds is 4. The van der Waals surface area contributed by atoms with Gasteiger partial charge in [-0.15, -0.1) is 11.3 Å². The average molecular weight is 348 g/mol. The molecule has 0 radical (unpaired) electrons. The molecule has 2 aromatic rings. The largest absolute Gasteiger partial charge is 0.434 e. The Kier molecular flexibility index (Phi) is 4.79. The molecule has 9 heteroatoms.